The third-order valence-electron chi connectivity index (χ3n) is 10.5. The van der Waals surface area contributed by atoms with Gasteiger partial charge in [-0.25, -0.2) is 9.52 Å². The fraction of sp³-hybridized carbons (Fsp3) is 0.622. The van der Waals surface area contributed by atoms with Crippen LogP contribution in [0.5, 0.6) is 11.5 Å². The summed E-state index contributed by atoms with van der Waals surface area (Å²) in [4.78, 5) is 56.8. The highest BCUT2D eigenvalue weighted by Crippen LogP contribution is 2.47. The zero-order valence-electron chi connectivity index (χ0n) is 30.4. The topological polar surface area (TPSA) is 179 Å². The summed E-state index contributed by atoms with van der Waals surface area (Å²) in [6.45, 7) is 7.30. The van der Waals surface area contributed by atoms with Gasteiger partial charge < -0.3 is 29.7 Å². The molecule has 0 aromatic heterocycles. The fourth-order valence-electron chi connectivity index (χ4n) is 7.33. The van der Waals surface area contributed by atoms with Gasteiger partial charge in [-0.3, -0.25) is 18.6 Å². The number of alkyl carbamates (subject to hydrolysis) is 1. The van der Waals surface area contributed by atoms with Crippen molar-refractivity contribution < 1.29 is 46.0 Å². The molecule has 52 heavy (non-hydrogen) atoms. The predicted octanol–water partition coefficient (Wildman–Crippen LogP) is 4.11. The first-order valence-electron chi connectivity index (χ1n) is 18.2. The van der Waals surface area contributed by atoms with Gasteiger partial charge in [0.25, 0.3) is 5.91 Å². The first kappa shape index (κ1) is 37.6. The molecule has 0 spiro atoms. The molecule has 0 radical (unpaired) electrons. The molecule has 3 N–H and O–H groups in total. The van der Waals surface area contributed by atoms with Crippen LogP contribution < -0.4 is 24.8 Å². The van der Waals surface area contributed by atoms with E-state index in [9.17, 15) is 27.6 Å². The fourth-order valence-corrected chi connectivity index (χ4v) is 8.33. The number of fused-ring (bicyclic) bond motifs is 1. The molecular weight excluding hydrogens is 692 g/mol. The van der Waals surface area contributed by atoms with Crippen molar-refractivity contribution in [3.05, 3.63) is 36.4 Å². The second kappa shape index (κ2) is 14.7. The largest absolute Gasteiger partial charge is 0.497 e. The number of carbonyl (C=O) groups excluding carboxylic acids is 4. The number of rotatable bonds is 13. The van der Waals surface area contributed by atoms with E-state index in [-0.39, 0.29) is 31.4 Å². The Morgan fingerprint density at radius 3 is 2.37 bits per heavy atom. The maximum absolute atomic E-state index is 14.5. The second-order valence-electron chi connectivity index (χ2n) is 15.5. The first-order chi connectivity index (χ1) is 24.6. The lowest BCUT2D eigenvalue weighted by Gasteiger charge is -2.35. The molecule has 14 nitrogen and oxygen atoms in total. The minimum atomic E-state index is -4.38. The highest BCUT2D eigenvalue weighted by molar-refractivity contribution is 7.85. The number of methoxy groups -OCH3 is 1. The number of ether oxygens (including phenoxy) is 3. The quantitative estimate of drug-likeness (QED) is 0.271. The summed E-state index contributed by atoms with van der Waals surface area (Å²) >= 11 is 0. The van der Waals surface area contributed by atoms with Gasteiger partial charge in [-0.1, -0.05) is 46.2 Å². The summed E-state index contributed by atoms with van der Waals surface area (Å²) in [5.41, 5.74) is -2.28. The lowest BCUT2D eigenvalue weighted by molar-refractivity contribution is -0.143. The maximum Gasteiger partial charge on any atom is 0.408 e. The van der Waals surface area contributed by atoms with Crippen molar-refractivity contribution in [2.24, 2.45) is 11.3 Å². The van der Waals surface area contributed by atoms with Gasteiger partial charge in [-0.05, 0) is 85.9 Å². The molecule has 2 aromatic rings. The van der Waals surface area contributed by atoms with Gasteiger partial charge in [0, 0.05) is 11.8 Å². The van der Waals surface area contributed by atoms with Crippen molar-refractivity contribution in [3.63, 3.8) is 0 Å². The molecule has 1 heterocycles. The number of benzene rings is 2. The zero-order valence-corrected chi connectivity index (χ0v) is 31.3. The minimum absolute atomic E-state index is 0.00933. The van der Waals surface area contributed by atoms with Crippen molar-refractivity contribution >= 4 is 44.9 Å². The van der Waals surface area contributed by atoms with Crippen molar-refractivity contribution in [2.45, 2.75) is 121 Å². The molecule has 4 aliphatic rings. The average Bonchev–Trinajstić information content (AvgIpc) is 3.92. The lowest BCUT2D eigenvalue weighted by atomic mass is 9.85. The van der Waals surface area contributed by atoms with E-state index >= 15 is 0 Å². The van der Waals surface area contributed by atoms with E-state index in [0.717, 1.165) is 36.5 Å². The van der Waals surface area contributed by atoms with Crippen LogP contribution in [0.2, 0.25) is 0 Å². The lowest BCUT2D eigenvalue weighted by Crippen LogP contribution is -2.60. The molecule has 2 aromatic carbocycles. The SMILES string of the molecule is CC[C@@H]1C[C@]1(NC(=O)[C@@H]1C[C@@H](Oc2cccc3cc(OC)ccc23)CN1C(=O)[C@@H](NC(=O)OC1CCCC1)C(C)(C)C)C(=O)NS(=O)(=O)OC1CC1. The van der Waals surface area contributed by atoms with Crippen LogP contribution in [-0.2, 0) is 33.6 Å². The highest BCUT2D eigenvalue weighted by atomic mass is 32.2. The third-order valence-corrected chi connectivity index (χ3v) is 11.5. The van der Waals surface area contributed by atoms with Crippen molar-refractivity contribution in [3.8, 4) is 11.5 Å². The Morgan fingerprint density at radius 2 is 1.73 bits per heavy atom. The van der Waals surface area contributed by atoms with E-state index in [1.165, 1.54) is 4.90 Å². The number of likely N-dealkylation sites (tertiary alicyclic amines) is 1. The minimum Gasteiger partial charge on any atom is -0.497 e. The van der Waals surface area contributed by atoms with Gasteiger partial charge in [0.2, 0.25) is 11.8 Å². The number of hydrogen-bond donors (Lipinski definition) is 3. The Kier molecular flexibility index (Phi) is 10.7. The summed E-state index contributed by atoms with van der Waals surface area (Å²) in [6, 6.07) is 8.99. The average molecular weight is 743 g/mol. The first-order valence-corrected chi connectivity index (χ1v) is 19.6. The van der Waals surface area contributed by atoms with Crippen molar-refractivity contribution in [1.29, 1.82) is 0 Å². The van der Waals surface area contributed by atoms with E-state index in [0.29, 0.717) is 30.8 Å². The molecule has 3 saturated carbocycles. The Balaban J connectivity index is 1.26. The summed E-state index contributed by atoms with van der Waals surface area (Å²) < 4.78 is 49.7. The highest BCUT2D eigenvalue weighted by Gasteiger charge is 2.62. The molecule has 284 valence electrons. The molecule has 15 heteroatoms. The predicted molar refractivity (Wildman–Crippen MR) is 191 cm³/mol. The summed E-state index contributed by atoms with van der Waals surface area (Å²) in [5, 5.41) is 7.30. The number of nitrogens with one attached hydrogen (secondary N) is 3. The number of carbonyl (C=O) groups is 4. The molecule has 1 saturated heterocycles. The van der Waals surface area contributed by atoms with E-state index < -0.39 is 69.4 Å². The van der Waals surface area contributed by atoms with Crippen LogP contribution in [0, 0.1) is 11.3 Å². The van der Waals surface area contributed by atoms with Crippen LogP contribution in [0.4, 0.5) is 4.79 Å². The molecule has 5 atom stereocenters. The molecule has 0 unspecified atom stereocenters. The molecule has 1 aliphatic heterocycles. The Bertz CT molecular complexity index is 1800. The van der Waals surface area contributed by atoms with Crippen molar-refractivity contribution in [2.75, 3.05) is 13.7 Å². The van der Waals surface area contributed by atoms with Gasteiger partial charge in [0.15, 0.2) is 0 Å². The van der Waals surface area contributed by atoms with E-state index in [2.05, 4.69) is 10.6 Å². The van der Waals surface area contributed by atoms with Crippen LogP contribution >= 0.6 is 0 Å². The van der Waals surface area contributed by atoms with Crippen molar-refractivity contribution in [1.82, 2.24) is 20.3 Å². The van der Waals surface area contributed by atoms with Crippen LogP contribution in [0.25, 0.3) is 10.8 Å². The zero-order chi connectivity index (χ0) is 37.4. The maximum atomic E-state index is 14.5. The van der Waals surface area contributed by atoms with Gasteiger partial charge in [-0.2, -0.15) is 8.42 Å². The van der Waals surface area contributed by atoms with Crippen LogP contribution in [0.1, 0.15) is 85.5 Å². The standard InChI is InChI=1S/C37H50N4O10S/c1-6-23-20-37(23,34(44)40-52(46,47)51-25-14-15-25)39-32(42)29-19-27(49-30-13-9-10-22-18-26(48-5)16-17-28(22)30)21-41(29)33(43)31(36(2,3)4)38-35(45)50-24-11-7-8-12-24/h9-10,13,16-18,23-25,27,29,31H,6-8,11-12,14-15,19-21H2,1-5H3,(H,38,45)(H,39,42)(H,40,44)/t23-,27-,29+,31-,37-/m1/s1. The third kappa shape index (κ3) is 8.41. The number of amides is 4. The molecule has 3 aliphatic carbocycles. The van der Waals surface area contributed by atoms with E-state index in [1.807, 2.05) is 68.8 Å². The molecular formula is C37H50N4O10S. The Morgan fingerprint density at radius 1 is 1.00 bits per heavy atom. The molecule has 6 rings (SSSR count). The van der Waals surface area contributed by atoms with Gasteiger partial charge >= 0.3 is 16.4 Å². The smallest absolute Gasteiger partial charge is 0.408 e. The van der Waals surface area contributed by atoms with Gasteiger partial charge in [0.05, 0.1) is 19.8 Å². The normalized spacial score (nSPS) is 25.3. The van der Waals surface area contributed by atoms with Crippen LogP contribution in [0.15, 0.2) is 36.4 Å². The van der Waals surface area contributed by atoms with E-state index in [1.54, 1.807) is 7.11 Å². The summed E-state index contributed by atoms with van der Waals surface area (Å²) in [7, 11) is -2.79. The molecule has 4 fully saturated rings. The van der Waals surface area contributed by atoms with E-state index in [4.69, 9.17) is 18.4 Å². The molecule has 0 bridgehead atoms. The van der Waals surface area contributed by atoms with Gasteiger partial charge in [-0.15, -0.1) is 0 Å². The summed E-state index contributed by atoms with van der Waals surface area (Å²) in [5.74, 6) is -1.11. The van der Waals surface area contributed by atoms with Gasteiger partial charge in [0.1, 0.15) is 41.3 Å². The Labute approximate surface area is 304 Å². The van der Waals surface area contributed by atoms with Crippen LogP contribution in [0.3, 0.4) is 0 Å². The number of hydrogen-bond acceptors (Lipinski definition) is 10. The monoisotopic (exact) mass is 742 g/mol. The Hall–Kier alpha value is -4.11. The molecule has 4 amide bonds. The summed E-state index contributed by atoms with van der Waals surface area (Å²) in [6.07, 6.45) is 3.40. The number of nitrogens with zero attached hydrogens (tertiary/aromatic N) is 1. The van der Waals surface area contributed by atoms with Crippen LogP contribution in [-0.4, -0.2) is 86.7 Å². The second-order valence-corrected chi connectivity index (χ2v) is 16.8.